The third-order valence-corrected chi connectivity index (χ3v) is 3.59. The minimum atomic E-state index is -1.00. The summed E-state index contributed by atoms with van der Waals surface area (Å²) in [4.78, 5) is 11.4. The van der Waals surface area contributed by atoms with Gasteiger partial charge in [-0.1, -0.05) is 23.7 Å². The van der Waals surface area contributed by atoms with Gasteiger partial charge in [0.25, 0.3) is 0 Å². The highest BCUT2D eigenvalue weighted by Gasteiger charge is 2.20. The SMILES string of the molecule is O=C(O)C(Cc1ccc(F)cc1)Cc1cc(F)ccc1Cl. The molecule has 0 radical (unpaired) electrons. The Kier molecular flexibility index (Phi) is 4.91. The highest BCUT2D eigenvalue weighted by molar-refractivity contribution is 6.31. The van der Waals surface area contributed by atoms with Crippen molar-refractivity contribution in [2.75, 3.05) is 0 Å². The Morgan fingerprint density at radius 1 is 1.05 bits per heavy atom. The molecule has 2 aromatic rings. The third-order valence-electron chi connectivity index (χ3n) is 3.22. The van der Waals surface area contributed by atoms with Gasteiger partial charge in [-0.25, -0.2) is 8.78 Å². The van der Waals surface area contributed by atoms with Gasteiger partial charge >= 0.3 is 5.97 Å². The molecule has 0 aliphatic carbocycles. The Labute approximate surface area is 126 Å². The lowest BCUT2D eigenvalue weighted by atomic mass is 9.92. The van der Waals surface area contributed by atoms with Gasteiger partial charge in [0.05, 0.1) is 5.92 Å². The summed E-state index contributed by atoms with van der Waals surface area (Å²) in [7, 11) is 0. The summed E-state index contributed by atoms with van der Waals surface area (Å²) < 4.78 is 26.1. The number of benzene rings is 2. The lowest BCUT2D eigenvalue weighted by Crippen LogP contribution is -2.19. The van der Waals surface area contributed by atoms with Gasteiger partial charge < -0.3 is 5.11 Å². The molecule has 0 amide bonds. The molecule has 1 atom stereocenters. The first kappa shape index (κ1) is 15.4. The van der Waals surface area contributed by atoms with Crippen LogP contribution in [-0.4, -0.2) is 11.1 Å². The number of aliphatic carboxylic acids is 1. The number of hydrogen-bond acceptors (Lipinski definition) is 1. The third kappa shape index (κ3) is 4.26. The molecule has 21 heavy (non-hydrogen) atoms. The quantitative estimate of drug-likeness (QED) is 0.902. The zero-order valence-electron chi connectivity index (χ0n) is 11.0. The van der Waals surface area contributed by atoms with Crippen LogP contribution in [0.3, 0.4) is 0 Å². The van der Waals surface area contributed by atoms with E-state index in [1.54, 1.807) is 12.1 Å². The summed E-state index contributed by atoms with van der Waals surface area (Å²) >= 11 is 5.96. The van der Waals surface area contributed by atoms with Gasteiger partial charge in [-0.3, -0.25) is 4.79 Å². The van der Waals surface area contributed by atoms with Crippen LogP contribution in [0.15, 0.2) is 42.5 Å². The van der Waals surface area contributed by atoms with E-state index in [2.05, 4.69) is 0 Å². The summed E-state index contributed by atoms with van der Waals surface area (Å²) in [5.74, 6) is -2.59. The van der Waals surface area contributed by atoms with Gasteiger partial charge in [0.1, 0.15) is 11.6 Å². The van der Waals surface area contributed by atoms with E-state index in [4.69, 9.17) is 11.6 Å². The van der Waals surface area contributed by atoms with Crippen molar-refractivity contribution in [1.82, 2.24) is 0 Å². The van der Waals surface area contributed by atoms with E-state index in [1.807, 2.05) is 0 Å². The van der Waals surface area contributed by atoms with Gasteiger partial charge in [0.2, 0.25) is 0 Å². The van der Waals surface area contributed by atoms with Crippen molar-refractivity contribution in [2.45, 2.75) is 12.8 Å². The summed E-state index contributed by atoms with van der Waals surface area (Å²) in [6.45, 7) is 0. The number of carbonyl (C=O) groups is 1. The highest BCUT2D eigenvalue weighted by atomic mass is 35.5. The van der Waals surface area contributed by atoms with Gasteiger partial charge in [0, 0.05) is 5.02 Å². The first-order valence-electron chi connectivity index (χ1n) is 6.37. The fourth-order valence-corrected chi connectivity index (χ4v) is 2.31. The summed E-state index contributed by atoms with van der Waals surface area (Å²) in [5, 5.41) is 9.63. The summed E-state index contributed by atoms with van der Waals surface area (Å²) in [5.41, 5.74) is 1.16. The number of halogens is 3. The van der Waals surface area contributed by atoms with Crippen molar-refractivity contribution in [1.29, 1.82) is 0 Å². The van der Waals surface area contributed by atoms with Crippen molar-refractivity contribution in [3.8, 4) is 0 Å². The second-order valence-electron chi connectivity index (χ2n) is 4.81. The molecule has 5 heteroatoms. The fraction of sp³-hybridized carbons (Fsp3) is 0.188. The smallest absolute Gasteiger partial charge is 0.307 e. The average Bonchev–Trinajstić information content (AvgIpc) is 2.44. The number of hydrogen-bond donors (Lipinski definition) is 1. The van der Waals surface area contributed by atoms with E-state index in [0.717, 1.165) is 0 Å². The molecule has 0 aromatic heterocycles. The van der Waals surface area contributed by atoms with Gasteiger partial charge in [-0.05, 0) is 54.3 Å². The summed E-state index contributed by atoms with van der Waals surface area (Å²) in [6, 6.07) is 9.51. The van der Waals surface area contributed by atoms with E-state index >= 15 is 0 Å². The number of carboxylic acid groups (broad SMARTS) is 1. The molecule has 2 rings (SSSR count). The molecule has 0 heterocycles. The number of carboxylic acids is 1. The second-order valence-corrected chi connectivity index (χ2v) is 5.21. The molecule has 0 saturated heterocycles. The zero-order chi connectivity index (χ0) is 15.4. The Bertz CT molecular complexity index is 641. The molecule has 0 aliphatic heterocycles. The monoisotopic (exact) mass is 310 g/mol. The van der Waals surface area contributed by atoms with E-state index in [1.165, 1.54) is 30.3 Å². The van der Waals surface area contributed by atoms with Crippen LogP contribution in [0.4, 0.5) is 8.78 Å². The Hall–Kier alpha value is -1.94. The van der Waals surface area contributed by atoms with Crippen LogP contribution in [0.25, 0.3) is 0 Å². The average molecular weight is 311 g/mol. The maximum atomic E-state index is 13.2. The van der Waals surface area contributed by atoms with Crippen LogP contribution >= 0.6 is 11.6 Å². The van der Waals surface area contributed by atoms with Crippen molar-refractivity contribution in [3.63, 3.8) is 0 Å². The van der Waals surface area contributed by atoms with Crippen molar-refractivity contribution in [2.24, 2.45) is 5.92 Å². The maximum absolute atomic E-state index is 13.2. The Balaban J connectivity index is 2.17. The van der Waals surface area contributed by atoms with E-state index in [9.17, 15) is 18.7 Å². The van der Waals surface area contributed by atoms with E-state index < -0.39 is 17.7 Å². The molecule has 0 spiro atoms. The van der Waals surface area contributed by atoms with Crippen molar-refractivity contribution >= 4 is 17.6 Å². The largest absolute Gasteiger partial charge is 0.481 e. The molecule has 1 N–H and O–H groups in total. The number of rotatable bonds is 5. The molecular weight excluding hydrogens is 298 g/mol. The maximum Gasteiger partial charge on any atom is 0.307 e. The minimum absolute atomic E-state index is 0.114. The highest BCUT2D eigenvalue weighted by Crippen LogP contribution is 2.22. The molecule has 2 nitrogen and oxygen atoms in total. The lowest BCUT2D eigenvalue weighted by Gasteiger charge is -2.13. The standard InChI is InChI=1S/C16H13ClF2O2/c17-15-6-5-14(19)9-11(15)8-12(16(20)21)7-10-1-3-13(18)4-2-10/h1-6,9,12H,7-8H2,(H,20,21). The van der Waals surface area contributed by atoms with E-state index in [0.29, 0.717) is 16.1 Å². The molecule has 2 aromatic carbocycles. The summed E-state index contributed by atoms with van der Waals surface area (Å²) in [6.07, 6.45) is 0.339. The first-order valence-corrected chi connectivity index (χ1v) is 6.74. The van der Waals surface area contributed by atoms with Gasteiger partial charge in [-0.2, -0.15) is 0 Å². The zero-order valence-corrected chi connectivity index (χ0v) is 11.8. The second kappa shape index (κ2) is 6.68. The first-order chi connectivity index (χ1) is 9.95. The predicted octanol–water partition coefficient (Wildman–Crippen LogP) is 4.10. The van der Waals surface area contributed by atoms with Crippen LogP contribution in [0, 0.1) is 17.6 Å². The molecule has 110 valence electrons. The van der Waals surface area contributed by atoms with Gasteiger partial charge in [-0.15, -0.1) is 0 Å². The normalized spacial score (nSPS) is 12.1. The van der Waals surface area contributed by atoms with Crippen LogP contribution in [0.1, 0.15) is 11.1 Å². The van der Waals surface area contributed by atoms with Crippen LogP contribution in [-0.2, 0) is 17.6 Å². The predicted molar refractivity (Wildman–Crippen MR) is 76.3 cm³/mol. The fourth-order valence-electron chi connectivity index (χ4n) is 2.12. The van der Waals surface area contributed by atoms with E-state index in [-0.39, 0.29) is 18.7 Å². The molecule has 0 bridgehead atoms. The van der Waals surface area contributed by atoms with Crippen LogP contribution in [0.2, 0.25) is 5.02 Å². The molecule has 0 fully saturated rings. The molecule has 1 unspecified atom stereocenters. The topological polar surface area (TPSA) is 37.3 Å². The van der Waals surface area contributed by atoms with Crippen molar-refractivity contribution < 1.29 is 18.7 Å². The Morgan fingerprint density at radius 3 is 2.29 bits per heavy atom. The van der Waals surface area contributed by atoms with Crippen molar-refractivity contribution in [3.05, 3.63) is 70.2 Å². The van der Waals surface area contributed by atoms with Gasteiger partial charge in [0.15, 0.2) is 0 Å². The van der Waals surface area contributed by atoms with Crippen LogP contribution < -0.4 is 0 Å². The molecule has 0 aliphatic rings. The molecular formula is C16H13ClF2O2. The van der Waals surface area contributed by atoms with Crippen LogP contribution in [0.5, 0.6) is 0 Å². The lowest BCUT2D eigenvalue weighted by molar-refractivity contribution is -0.141. The molecule has 0 saturated carbocycles. The Morgan fingerprint density at radius 2 is 1.67 bits per heavy atom. The minimum Gasteiger partial charge on any atom is -0.481 e.